The van der Waals surface area contributed by atoms with Crippen LogP contribution in [0.5, 0.6) is 0 Å². The first kappa shape index (κ1) is 12.4. The van der Waals surface area contributed by atoms with Gasteiger partial charge in [0.1, 0.15) is 17.3 Å². The highest BCUT2D eigenvalue weighted by atomic mass is 19.1. The van der Waals surface area contributed by atoms with Crippen molar-refractivity contribution in [3.63, 3.8) is 0 Å². The van der Waals surface area contributed by atoms with E-state index in [4.69, 9.17) is 0 Å². The average Bonchev–Trinajstić information content (AvgIpc) is 2.46. The zero-order valence-corrected chi connectivity index (χ0v) is 10.3. The van der Waals surface area contributed by atoms with E-state index in [-0.39, 0.29) is 11.3 Å². The first-order valence-corrected chi connectivity index (χ1v) is 6.01. The Bertz CT molecular complexity index is 814. The molecule has 0 bridgehead atoms. The summed E-state index contributed by atoms with van der Waals surface area (Å²) in [5.74, 6) is -2.16. The second kappa shape index (κ2) is 4.81. The molecule has 3 aromatic rings. The molecule has 0 unspecified atom stereocenters. The van der Waals surface area contributed by atoms with Gasteiger partial charge in [-0.25, -0.2) is 13.8 Å². The Morgan fingerprint density at radius 3 is 2.55 bits per heavy atom. The van der Waals surface area contributed by atoms with Crippen LogP contribution in [-0.2, 0) is 0 Å². The molecule has 0 aliphatic carbocycles. The Hall–Kier alpha value is -2.62. The van der Waals surface area contributed by atoms with Crippen LogP contribution in [0.15, 0.2) is 54.6 Å². The Morgan fingerprint density at radius 1 is 0.950 bits per heavy atom. The molecule has 0 amide bonds. The number of carbonyl (C=O) groups excluding carboxylic acids is 1. The molecule has 0 aliphatic rings. The van der Waals surface area contributed by atoms with Crippen LogP contribution in [-0.4, -0.2) is 10.8 Å². The smallest absolute Gasteiger partial charge is 0.214 e. The van der Waals surface area contributed by atoms with E-state index < -0.39 is 17.4 Å². The minimum atomic E-state index is -0.884. The van der Waals surface area contributed by atoms with E-state index in [1.165, 1.54) is 6.07 Å². The first-order chi connectivity index (χ1) is 9.65. The largest absolute Gasteiger partial charge is 0.287 e. The molecule has 0 saturated heterocycles. The molecule has 20 heavy (non-hydrogen) atoms. The summed E-state index contributed by atoms with van der Waals surface area (Å²) in [6.45, 7) is 0. The third kappa shape index (κ3) is 2.16. The number of ketones is 1. The van der Waals surface area contributed by atoms with E-state index in [0.29, 0.717) is 11.6 Å². The Labute approximate surface area is 113 Å². The maximum absolute atomic E-state index is 13.6. The molecule has 0 spiro atoms. The van der Waals surface area contributed by atoms with Crippen molar-refractivity contribution in [2.45, 2.75) is 0 Å². The number of rotatable bonds is 2. The lowest BCUT2D eigenvalue weighted by atomic mass is 10.1. The van der Waals surface area contributed by atoms with Gasteiger partial charge in [-0.3, -0.25) is 4.79 Å². The summed E-state index contributed by atoms with van der Waals surface area (Å²) < 4.78 is 26.5. The van der Waals surface area contributed by atoms with Crippen LogP contribution in [0.2, 0.25) is 0 Å². The molecule has 2 aromatic carbocycles. The predicted molar refractivity (Wildman–Crippen MR) is 71.5 cm³/mol. The number of halogens is 2. The molecule has 2 nitrogen and oxygen atoms in total. The molecule has 0 aliphatic heterocycles. The molecule has 0 atom stereocenters. The van der Waals surface area contributed by atoms with Crippen LogP contribution in [0.25, 0.3) is 10.9 Å². The summed E-state index contributed by atoms with van der Waals surface area (Å²) >= 11 is 0. The summed E-state index contributed by atoms with van der Waals surface area (Å²) in [7, 11) is 0. The monoisotopic (exact) mass is 269 g/mol. The van der Waals surface area contributed by atoms with Crippen molar-refractivity contribution < 1.29 is 13.6 Å². The van der Waals surface area contributed by atoms with Crippen LogP contribution < -0.4 is 0 Å². The van der Waals surface area contributed by atoms with E-state index in [9.17, 15) is 13.6 Å². The second-order valence-electron chi connectivity index (χ2n) is 4.34. The van der Waals surface area contributed by atoms with Crippen molar-refractivity contribution >= 4 is 16.7 Å². The van der Waals surface area contributed by atoms with Crippen LogP contribution >= 0.6 is 0 Å². The predicted octanol–water partition coefficient (Wildman–Crippen LogP) is 3.74. The molecule has 0 fully saturated rings. The van der Waals surface area contributed by atoms with Gasteiger partial charge in [0, 0.05) is 11.5 Å². The third-order valence-electron chi connectivity index (χ3n) is 3.01. The quantitative estimate of drug-likeness (QED) is 0.663. The highest BCUT2D eigenvalue weighted by Gasteiger charge is 2.16. The number of hydrogen-bond donors (Lipinski definition) is 0. The van der Waals surface area contributed by atoms with E-state index in [0.717, 1.165) is 17.5 Å². The molecular formula is C16H9F2NO. The van der Waals surface area contributed by atoms with Crippen molar-refractivity contribution in [1.29, 1.82) is 0 Å². The van der Waals surface area contributed by atoms with Gasteiger partial charge < -0.3 is 0 Å². The minimum absolute atomic E-state index is 0.134. The van der Waals surface area contributed by atoms with Crippen LogP contribution in [0.4, 0.5) is 8.78 Å². The van der Waals surface area contributed by atoms with Crippen molar-refractivity contribution in [2.24, 2.45) is 0 Å². The topological polar surface area (TPSA) is 30.0 Å². The van der Waals surface area contributed by atoms with Gasteiger partial charge in [-0.05, 0) is 24.3 Å². The van der Waals surface area contributed by atoms with E-state index in [1.807, 2.05) is 18.2 Å². The van der Waals surface area contributed by atoms with Gasteiger partial charge in [-0.1, -0.05) is 24.3 Å². The molecule has 0 saturated carbocycles. The number of benzene rings is 2. The van der Waals surface area contributed by atoms with Gasteiger partial charge in [0.25, 0.3) is 0 Å². The number of aromatic nitrogens is 1. The van der Waals surface area contributed by atoms with E-state index in [1.54, 1.807) is 12.1 Å². The summed E-state index contributed by atoms with van der Waals surface area (Å²) in [6.07, 6.45) is 0. The SMILES string of the molecule is O=C(c1ccc2ccccc2n1)c1ccc(F)cc1F. The average molecular weight is 269 g/mol. The van der Waals surface area contributed by atoms with Gasteiger partial charge in [0.15, 0.2) is 0 Å². The summed E-state index contributed by atoms with van der Waals surface area (Å²) in [6, 6.07) is 13.5. The summed E-state index contributed by atoms with van der Waals surface area (Å²) in [4.78, 5) is 16.4. The maximum atomic E-state index is 13.6. The highest BCUT2D eigenvalue weighted by Crippen LogP contribution is 2.17. The number of fused-ring (bicyclic) bond motifs is 1. The fraction of sp³-hybridized carbons (Fsp3) is 0. The van der Waals surface area contributed by atoms with Crippen molar-refractivity contribution in [1.82, 2.24) is 4.98 Å². The van der Waals surface area contributed by atoms with Gasteiger partial charge in [0.05, 0.1) is 11.1 Å². The number of pyridine rings is 1. The van der Waals surface area contributed by atoms with Crippen molar-refractivity contribution in [2.75, 3.05) is 0 Å². The van der Waals surface area contributed by atoms with Gasteiger partial charge in [-0.2, -0.15) is 0 Å². The first-order valence-electron chi connectivity index (χ1n) is 6.01. The Morgan fingerprint density at radius 2 is 1.75 bits per heavy atom. The molecular weight excluding hydrogens is 260 g/mol. The highest BCUT2D eigenvalue weighted by molar-refractivity contribution is 6.08. The number of hydrogen-bond acceptors (Lipinski definition) is 2. The van der Waals surface area contributed by atoms with Crippen LogP contribution in [0, 0.1) is 11.6 Å². The van der Waals surface area contributed by atoms with Crippen LogP contribution in [0.3, 0.4) is 0 Å². The van der Waals surface area contributed by atoms with E-state index >= 15 is 0 Å². The zero-order valence-electron chi connectivity index (χ0n) is 10.3. The van der Waals surface area contributed by atoms with Gasteiger partial charge in [0.2, 0.25) is 5.78 Å². The summed E-state index contributed by atoms with van der Waals surface area (Å²) in [5, 5.41) is 0.892. The lowest BCUT2D eigenvalue weighted by molar-refractivity contribution is 0.103. The van der Waals surface area contributed by atoms with Gasteiger partial charge >= 0.3 is 0 Å². The zero-order chi connectivity index (χ0) is 14.1. The molecule has 1 aromatic heterocycles. The minimum Gasteiger partial charge on any atom is -0.287 e. The number of nitrogens with zero attached hydrogens (tertiary/aromatic N) is 1. The lowest BCUT2D eigenvalue weighted by Crippen LogP contribution is -2.07. The molecule has 3 rings (SSSR count). The number of para-hydroxylation sites is 1. The van der Waals surface area contributed by atoms with Gasteiger partial charge in [-0.15, -0.1) is 0 Å². The number of carbonyl (C=O) groups is 1. The third-order valence-corrected chi connectivity index (χ3v) is 3.01. The van der Waals surface area contributed by atoms with E-state index in [2.05, 4.69) is 4.98 Å². The molecule has 0 radical (unpaired) electrons. The standard InChI is InChI=1S/C16H9F2NO/c17-11-6-7-12(13(18)9-11)16(20)15-8-5-10-3-1-2-4-14(10)19-15/h1-9H. The lowest BCUT2D eigenvalue weighted by Gasteiger charge is -2.04. The normalized spacial score (nSPS) is 10.7. The Kier molecular flexibility index (Phi) is 2.99. The molecule has 4 heteroatoms. The van der Waals surface area contributed by atoms with Crippen LogP contribution in [0.1, 0.15) is 16.1 Å². The van der Waals surface area contributed by atoms with Crippen molar-refractivity contribution in [3.8, 4) is 0 Å². The molecule has 0 N–H and O–H groups in total. The van der Waals surface area contributed by atoms with Crippen molar-refractivity contribution in [3.05, 3.63) is 77.5 Å². The molecule has 1 heterocycles. The molecule has 98 valence electrons. The maximum Gasteiger partial charge on any atom is 0.214 e. The second-order valence-corrected chi connectivity index (χ2v) is 4.34. The fourth-order valence-electron chi connectivity index (χ4n) is 2.00. The summed E-state index contributed by atoms with van der Waals surface area (Å²) in [5.41, 5.74) is 0.601. The fourth-order valence-corrected chi connectivity index (χ4v) is 2.00. The Balaban J connectivity index is 2.08.